The van der Waals surface area contributed by atoms with E-state index in [2.05, 4.69) is 28.2 Å². The lowest BCUT2D eigenvalue weighted by molar-refractivity contribution is 0.455. The molecule has 2 heterocycles. The van der Waals surface area contributed by atoms with Gasteiger partial charge in [0, 0.05) is 17.3 Å². The Balaban J connectivity index is 2.11. The molecule has 2 atom stereocenters. The molecule has 1 saturated heterocycles. The van der Waals surface area contributed by atoms with Crippen LogP contribution in [0.4, 0.5) is 0 Å². The van der Waals surface area contributed by atoms with Gasteiger partial charge in [0.2, 0.25) is 0 Å². The Morgan fingerprint density at radius 3 is 3.14 bits per heavy atom. The lowest BCUT2D eigenvalue weighted by Gasteiger charge is -2.25. The third kappa shape index (κ3) is 1.22. The van der Waals surface area contributed by atoms with Crippen molar-refractivity contribution in [2.45, 2.75) is 25.7 Å². The van der Waals surface area contributed by atoms with Crippen LogP contribution >= 0.6 is 27.3 Å². The molecule has 1 aromatic heterocycles. The zero-order chi connectivity index (χ0) is 9.71. The minimum absolute atomic E-state index is 0.807. The third-order valence-corrected chi connectivity index (χ3v) is 5.90. The van der Waals surface area contributed by atoms with Gasteiger partial charge in [-0.15, -0.1) is 11.3 Å². The molecule has 0 bridgehead atoms. The van der Waals surface area contributed by atoms with Crippen LogP contribution in [0.25, 0.3) is 0 Å². The Hall–Kier alpha value is 0.140. The van der Waals surface area contributed by atoms with E-state index in [-0.39, 0.29) is 0 Å². The average Bonchev–Trinajstić information content (AvgIpc) is 2.72. The Bertz CT molecular complexity index is 372. The highest BCUT2D eigenvalue weighted by Crippen LogP contribution is 2.46. The van der Waals surface area contributed by atoms with E-state index in [9.17, 15) is 0 Å². The van der Waals surface area contributed by atoms with Crippen molar-refractivity contribution in [3.63, 3.8) is 0 Å². The van der Waals surface area contributed by atoms with E-state index in [1.807, 2.05) is 11.3 Å². The minimum atomic E-state index is 0.807. The minimum Gasteiger partial charge on any atom is -0.316 e. The molecule has 0 radical (unpaired) electrons. The lowest BCUT2D eigenvalue weighted by Crippen LogP contribution is -2.18. The Kier molecular flexibility index (Phi) is 2.22. The molecule has 76 valence electrons. The van der Waals surface area contributed by atoms with Crippen LogP contribution in [-0.2, 0) is 6.42 Å². The van der Waals surface area contributed by atoms with E-state index in [1.165, 1.54) is 35.3 Å². The van der Waals surface area contributed by atoms with Crippen LogP contribution in [0.1, 0.15) is 28.3 Å². The quantitative estimate of drug-likeness (QED) is 0.765. The van der Waals surface area contributed by atoms with Crippen LogP contribution in [0, 0.1) is 12.8 Å². The van der Waals surface area contributed by atoms with Gasteiger partial charge in [-0.1, -0.05) is 0 Å². The molecule has 0 amide bonds. The summed E-state index contributed by atoms with van der Waals surface area (Å²) >= 11 is 5.63. The van der Waals surface area contributed by atoms with Gasteiger partial charge in [-0.25, -0.2) is 0 Å². The van der Waals surface area contributed by atoms with Gasteiger partial charge in [0.25, 0.3) is 0 Å². The van der Waals surface area contributed by atoms with Crippen LogP contribution in [0.5, 0.6) is 0 Å². The molecule has 1 fully saturated rings. The van der Waals surface area contributed by atoms with Gasteiger partial charge in [0.1, 0.15) is 0 Å². The number of thiophene rings is 1. The molecule has 1 aliphatic carbocycles. The van der Waals surface area contributed by atoms with Crippen molar-refractivity contribution in [1.29, 1.82) is 0 Å². The number of hydrogen-bond acceptors (Lipinski definition) is 2. The zero-order valence-corrected chi connectivity index (χ0v) is 10.7. The Morgan fingerprint density at radius 2 is 2.29 bits per heavy atom. The number of rotatable bonds is 0. The number of hydrogen-bond donors (Lipinski definition) is 1. The van der Waals surface area contributed by atoms with E-state index >= 15 is 0 Å². The standard InChI is InChI=1S/C11H14BrNS/c1-6-10-8-5-13-4-7(8)2-3-9(10)14-11(6)12/h7-8,13H,2-5H2,1H3. The SMILES string of the molecule is Cc1c(Br)sc2c1C1CNCC1CC2. The summed E-state index contributed by atoms with van der Waals surface area (Å²) in [6, 6.07) is 0. The van der Waals surface area contributed by atoms with Gasteiger partial charge in [-0.05, 0) is 59.3 Å². The molecule has 2 unspecified atom stereocenters. The summed E-state index contributed by atoms with van der Waals surface area (Å²) in [5.41, 5.74) is 3.17. The predicted molar refractivity (Wildman–Crippen MR) is 64.2 cm³/mol. The number of fused-ring (bicyclic) bond motifs is 3. The van der Waals surface area contributed by atoms with Gasteiger partial charge in [0.05, 0.1) is 3.79 Å². The van der Waals surface area contributed by atoms with Crippen molar-refractivity contribution >= 4 is 27.3 Å². The van der Waals surface area contributed by atoms with Crippen LogP contribution in [0.3, 0.4) is 0 Å². The first-order chi connectivity index (χ1) is 6.77. The van der Waals surface area contributed by atoms with Crippen LogP contribution in [-0.4, -0.2) is 13.1 Å². The van der Waals surface area contributed by atoms with Crippen LogP contribution in [0.2, 0.25) is 0 Å². The second kappa shape index (κ2) is 3.32. The van der Waals surface area contributed by atoms with Gasteiger partial charge >= 0.3 is 0 Å². The summed E-state index contributed by atoms with van der Waals surface area (Å²) < 4.78 is 1.36. The van der Waals surface area contributed by atoms with E-state index in [0.717, 1.165) is 11.8 Å². The summed E-state index contributed by atoms with van der Waals surface area (Å²) in [4.78, 5) is 1.64. The average molecular weight is 272 g/mol. The molecule has 2 aliphatic rings. The zero-order valence-electron chi connectivity index (χ0n) is 8.27. The summed E-state index contributed by atoms with van der Waals surface area (Å²) in [5, 5.41) is 3.53. The molecule has 0 aromatic carbocycles. The van der Waals surface area contributed by atoms with Crippen molar-refractivity contribution in [2.75, 3.05) is 13.1 Å². The van der Waals surface area contributed by atoms with Crippen LogP contribution in [0.15, 0.2) is 3.79 Å². The summed E-state index contributed by atoms with van der Waals surface area (Å²) in [6.45, 7) is 4.69. The van der Waals surface area contributed by atoms with Gasteiger partial charge in [0.15, 0.2) is 0 Å². The molecule has 3 heteroatoms. The molecular weight excluding hydrogens is 258 g/mol. The van der Waals surface area contributed by atoms with Crippen molar-refractivity contribution in [3.05, 3.63) is 19.8 Å². The maximum Gasteiger partial charge on any atom is 0.0733 e. The molecule has 1 aromatic rings. The van der Waals surface area contributed by atoms with Crippen molar-refractivity contribution < 1.29 is 0 Å². The lowest BCUT2D eigenvalue weighted by atomic mass is 9.79. The first-order valence-corrected chi connectivity index (χ1v) is 6.86. The van der Waals surface area contributed by atoms with E-state index in [4.69, 9.17) is 0 Å². The fourth-order valence-corrected chi connectivity index (χ4v) is 4.83. The summed E-state index contributed by atoms with van der Waals surface area (Å²) in [6.07, 6.45) is 2.69. The van der Waals surface area contributed by atoms with Gasteiger partial charge < -0.3 is 5.32 Å². The smallest absolute Gasteiger partial charge is 0.0733 e. The highest BCUT2D eigenvalue weighted by Gasteiger charge is 2.35. The molecule has 0 spiro atoms. The number of halogens is 1. The van der Waals surface area contributed by atoms with E-state index < -0.39 is 0 Å². The largest absolute Gasteiger partial charge is 0.316 e. The predicted octanol–water partition coefficient (Wildman–Crippen LogP) is 3.07. The maximum absolute atomic E-state index is 3.67. The molecule has 1 N–H and O–H groups in total. The molecule has 1 nitrogen and oxygen atoms in total. The first-order valence-electron chi connectivity index (χ1n) is 5.25. The maximum atomic E-state index is 3.67. The first kappa shape index (κ1) is 9.37. The second-order valence-corrected chi connectivity index (χ2v) is 6.82. The van der Waals surface area contributed by atoms with Crippen LogP contribution < -0.4 is 5.32 Å². The Labute approximate surface area is 97.0 Å². The molecular formula is C11H14BrNS. The van der Waals surface area contributed by atoms with E-state index in [1.54, 1.807) is 10.4 Å². The number of nitrogens with one attached hydrogen (secondary N) is 1. The van der Waals surface area contributed by atoms with Crippen molar-refractivity contribution in [3.8, 4) is 0 Å². The normalized spacial score (nSPS) is 30.1. The molecule has 3 rings (SSSR count). The summed E-state index contributed by atoms with van der Waals surface area (Å²) in [7, 11) is 0. The van der Waals surface area contributed by atoms with E-state index in [0.29, 0.717) is 0 Å². The van der Waals surface area contributed by atoms with Gasteiger partial charge in [-0.2, -0.15) is 0 Å². The second-order valence-electron chi connectivity index (χ2n) is 4.40. The fourth-order valence-electron chi connectivity index (χ4n) is 2.92. The van der Waals surface area contributed by atoms with Gasteiger partial charge in [-0.3, -0.25) is 0 Å². The summed E-state index contributed by atoms with van der Waals surface area (Å²) in [5.74, 6) is 1.71. The molecule has 0 saturated carbocycles. The Morgan fingerprint density at radius 1 is 1.43 bits per heavy atom. The highest BCUT2D eigenvalue weighted by atomic mass is 79.9. The topological polar surface area (TPSA) is 12.0 Å². The molecule has 1 aliphatic heterocycles. The third-order valence-electron chi connectivity index (χ3n) is 3.66. The number of aryl methyl sites for hydroxylation is 1. The highest BCUT2D eigenvalue weighted by molar-refractivity contribution is 9.11. The molecule has 14 heavy (non-hydrogen) atoms. The van der Waals surface area contributed by atoms with Crippen molar-refractivity contribution in [1.82, 2.24) is 5.32 Å². The fraction of sp³-hybridized carbons (Fsp3) is 0.636. The van der Waals surface area contributed by atoms with Crippen molar-refractivity contribution in [2.24, 2.45) is 5.92 Å². The monoisotopic (exact) mass is 271 g/mol.